The van der Waals surface area contributed by atoms with Gasteiger partial charge in [0.25, 0.3) is 0 Å². The number of ether oxygens (including phenoxy) is 5. The first kappa shape index (κ1) is 25.8. The number of esters is 2. The summed E-state index contributed by atoms with van der Waals surface area (Å²) in [4.78, 5) is 24.1. The molecule has 0 heterocycles. The first-order valence-electron chi connectivity index (χ1n) is 9.91. The summed E-state index contributed by atoms with van der Waals surface area (Å²) < 4.78 is 26.6. The highest BCUT2D eigenvalue weighted by atomic mass is 16.6. The van der Waals surface area contributed by atoms with Gasteiger partial charge in [-0.1, -0.05) is 18.2 Å². The van der Waals surface area contributed by atoms with Gasteiger partial charge >= 0.3 is 11.9 Å². The summed E-state index contributed by atoms with van der Waals surface area (Å²) in [5, 5.41) is 0. The lowest BCUT2D eigenvalue weighted by Gasteiger charge is -2.18. The summed E-state index contributed by atoms with van der Waals surface area (Å²) in [6.07, 6.45) is 5.49. The van der Waals surface area contributed by atoms with Crippen LogP contribution in [0.15, 0.2) is 48.1 Å². The molecule has 1 rings (SSSR count). The second kappa shape index (κ2) is 13.2. The fraction of sp³-hybridized carbons (Fsp3) is 0.417. The van der Waals surface area contributed by atoms with Crippen LogP contribution in [0.5, 0.6) is 17.2 Å². The number of carbonyl (C=O) groups is 2. The number of hydrogen-bond acceptors (Lipinski definition) is 7. The predicted molar refractivity (Wildman–Crippen MR) is 119 cm³/mol. The smallest absolute Gasteiger partial charge is 0.337 e. The summed E-state index contributed by atoms with van der Waals surface area (Å²) in [7, 11) is 4.64. The minimum atomic E-state index is -0.527. The van der Waals surface area contributed by atoms with E-state index in [0.717, 1.165) is 5.56 Å². The Balaban J connectivity index is 2.77. The van der Waals surface area contributed by atoms with E-state index in [-0.39, 0.29) is 24.7 Å². The van der Waals surface area contributed by atoms with Crippen molar-refractivity contribution in [2.45, 2.75) is 33.1 Å². The molecule has 1 unspecified atom stereocenters. The van der Waals surface area contributed by atoms with E-state index in [1.807, 2.05) is 12.1 Å². The third-order valence-electron chi connectivity index (χ3n) is 4.79. The Kier molecular flexibility index (Phi) is 11.0. The Morgan fingerprint density at radius 3 is 2.03 bits per heavy atom. The molecule has 7 heteroatoms. The number of rotatable bonds is 12. The molecule has 0 aliphatic heterocycles. The fourth-order valence-corrected chi connectivity index (χ4v) is 2.74. The second-order valence-electron chi connectivity index (χ2n) is 6.59. The topological polar surface area (TPSA) is 80.3 Å². The van der Waals surface area contributed by atoms with Crippen molar-refractivity contribution in [1.82, 2.24) is 0 Å². The highest BCUT2D eigenvalue weighted by molar-refractivity contribution is 5.91. The summed E-state index contributed by atoms with van der Waals surface area (Å²) in [5.74, 6) is 0.476. The molecule has 0 radical (unpaired) electrons. The van der Waals surface area contributed by atoms with Crippen molar-refractivity contribution in [2.24, 2.45) is 0 Å². The molecule has 0 bridgehead atoms. The average molecular weight is 433 g/mol. The highest BCUT2D eigenvalue weighted by Gasteiger charge is 2.19. The van der Waals surface area contributed by atoms with E-state index in [9.17, 15) is 9.59 Å². The molecule has 0 amide bonds. The SMILES string of the molecule is C=CC(CCOC(=O)C(=CC)COC(=O)C(C)=CC)c1cc(OC)c(OC)c(OC)c1. The molecule has 0 saturated carbocycles. The molecule has 31 heavy (non-hydrogen) atoms. The van der Waals surface area contributed by atoms with Crippen LogP contribution in [0, 0.1) is 0 Å². The lowest BCUT2D eigenvalue weighted by atomic mass is 9.95. The van der Waals surface area contributed by atoms with Crippen LogP contribution in [0.4, 0.5) is 0 Å². The van der Waals surface area contributed by atoms with Crippen molar-refractivity contribution >= 4 is 11.9 Å². The average Bonchev–Trinajstić information content (AvgIpc) is 2.80. The first-order chi connectivity index (χ1) is 14.9. The molecule has 1 aromatic carbocycles. The monoisotopic (exact) mass is 432 g/mol. The molecule has 1 atom stereocenters. The zero-order valence-electron chi connectivity index (χ0n) is 19.2. The zero-order valence-corrected chi connectivity index (χ0v) is 19.2. The second-order valence-corrected chi connectivity index (χ2v) is 6.59. The van der Waals surface area contributed by atoms with E-state index in [1.54, 1.807) is 60.3 Å². The van der Waals surface area contributed by atoms with Crippen LogP contribution < -0.4 is 14.2 Å². The summed E-state index contributed by atoms with van der Waals surface area (Å²) in [6.45, 7) is 8.98. The quantitative estimate of drug-likeness (QED) is 0.276. The van der Waals surface area contributed by atoms with Gasteiger partial charge < -0.3 is 23.7 Å². The number of benzene rings is 1. The van der Waals surface area contributed by atoms with Crippen molar-refractivity contribution in [3.63, 3.8) is 0 Å². The molecular weight excluding hydrogens is 400 g/mol. The standard InChI is InChI=1S/C24H32O7/c1-8-16(4)23(25)31-15-18(10-3)24(26)30-12-11-17(9-2)19-13-20(27-5)22(29-7)21(14-19)28-6/h8-10,13-14,17H,2,11-12,15H2,1,3-7H3. The zero-order chi connectivity index (χ0) is 23.4. The van der Waals surface area contributed by atoms with Crippen molar-refractivity contribution in [2.75, 3.05) is 34.5 Å². The Labute approximate surface area is 184 Å². The van der Waals surface area contributed by atoms with E-state index in [4.69, 9.17) is 23.7 Å². The van der Waals surface area contributed by atoms with Crippen LogP contribution in [-0.2, 0) is 19.1 Å². The summed E-state index contributed by atoms with van der Waals surface area (Å²) >= 11 is 0. The van der Waals surface area contributed by atoms with E-state index < -0.39 is 11.9 Å². The summed E-state index contributed by atoms with van der Waals surface area (Å²) in [5.41, 5.74) is 1.64. The maximum atomic E-state index is 12.3. The van der Waals surface area contributed by atoms with Crippen LogP contribution in [-0.4, -0.2) is 46.5 Å². The third kappa shape index (κ3) is 7.20. The van der Waals surface area contributed by atoms with E-state index >= 15 is 0 Å². The summed E-state index contributed by atoms with van der Waals surface area (Å²) in [6, 6.07) is 3.69. The molecule has 0 N–H and O–H groups in total. The molecule has 1 aromatic rings. The maximum Gasteiger partial charge on any atom is 0.337 e. The normalized spacial score (nSPS) is 12.6. The molecule has 7 nitrogen and oxygen atoms in total. The van der Waals surface area contributed by atoms with Crippen molar-refractivity contribution in [1.29, 1.82) is 0 Å². The lowest BCUT2D eigenvalue weighted by Crippen LogP contribution is -2.17. The molecular formula is C24H32O7. The molecule has 0 aromatic heterocycles. The first-order valence-corrected chi connectivity index (χ1v) is 9.91. The van der Waals surface area contributed by atoms with Gasteiger partial charge in [0.15, 0.2) is 11.5 Å². The molecule has 0 saturated heterocycles. The minimum Gasteiger partial charge on any atom is -0.493 e. The van der Waals surface area contributed by atoms with Gasteiger partial charge in [0.1, 0.15) is 6.61 Å². The molecule has 0 spiro atoms. The Morgan fingerprint density at radius 1 is 0.968 bits per heavy atom. The van der Waals surface area contributed by atoms with Crippen LogP contribution in [0.1, 0.15) is 38.7 Å². The van der Waals surface area contributed by atoms with Gasteiger partial charge in [0.2, 0.25) is 5.75 Å². The van der Waals surface area contributed by atoms with E-state index in [2.05, 4.69) is 6.58 Å². The van der Waals surface area contributed by atoms with Gasteiger partial charge in [-0.25, -0.2) is 9.59 Å². The Morgan fingerprint density at radius 2 is 1.58 bits per heavy atom. The molecule has 0 aliphatic rings. The number of methoxy groups -OCH3 is 3. The molecule has 0 fully saturated rings. The van der Waals surface area contributed by atoms with E-state index in [1.165, 1.54) is 0 Å². The van der Waals surface area contributed by atoms with Crippen LogP contribution in [0.2, 0.25) is 0 Å². The van der Waals surface area contributed by atoms with Gasteiger partial charge in [0, 0.05) is 11.5 Å². The predicted octanol–water partition coefficient (Wildman–Crippen LogP) is 4.37. The largest absolute Gasteiger partial charge is 0.493 e. The van der Waals surface area contributed by atoms with Gasteiger partial charge in [-0.15, -0.1) is 6.58 Å². The van der Waals surface area contributed by atoms with E-state index in [0.29, 0.717) is 29.2 Å². The number of carbonyl (C=O) groups excluding carboxylic acids is 2. The van der Waals surface area contributed by atoms with Crippen LogP contribution in [0.25, 0.3) is 0 Å². The van der Waals surface area contributed by atoms with Gasteiger partial charge in [-0.05, 0) is 44.9 Å². The highest BCUT2D eigenvalue weighted by Crippen LogP contribution is 2.40. The minimum absolute atomic E-state index is 0.106. The van der Waals surface area contributed by atoms with Crippen molar-refractivity contribution < 1.29 is 33.3 Å². The Bertz CT molecular complexity index is 811. The van der Waals surface area contributed by atoms with Crippen LogP contribution in [0.3, 0.4) is 0 Å². The van der Waals surface area contributed by atoms with Gasteiger partial charge in [-0.2, -0.15) is 0 Å². The van der Waals surface area contributed by atoms with Crippen molar-refractivity contribution in [3.05, 3.63) is 53.6 Å². The van der Waals surface area contributed by atoms with Crippen LogP contribution >= 0.6 is 0 Å². The Hall–Kier alpha value is -3.22. The third-order valence-corrected chi connectivity index (χ3v) is 4.79. The lowest BCUT2D eigenvalue weighted by molar-refractivity contribution is -0.142. The number of allylic oxidation sites excluding steroid dienone is 3. The van der Waals surface area contributed by atoms with Crippen molar-refractivity contribution in [3.8, 4) is 17.2 Å². The number of hydrogen-bond donors (Lipinski definition) is 0. The fourth-order valence-electron chi connectivity index (χ4n) is 2.74. The maximum absolute atomic E-state index is 12.3. The van der Waals surface area contributed by atoms with Gasteiger partial charge in [-0.3, -0.25) is 0 Å². The molecule has 170 valence electrons. The molecule has 0 aliphatic carbocycles. The van der Waals surface area contributed by atoms with Gasteiger partial charge in [0.05, 0.1) is 33.5 Å².